The van der Waals surface area contributed by atoms with E-state index in [0.29, 0.717) is 11.0 Å². The highest BCUT2D eigenvalue weighted by Gasteiger charge is 2.16. The molecule has 0 spiro atoms. The molecule has 2 aromatic heterocycles. The van der Waals surface area contributed by atoms with Gasteiger partial charge in [-0.05, 0) is 17.7 Å². The second-order valence-corrected chi connectivity index (χ2v) is 3.90. The largest absolute Gasteiger partial charge is 0.324 e. The van der Waals surface area contributed by atoms with Gasteiger partial charge in [0.2, 0.25) is 5.28 Å². The van der Waals surface area contributed by atoms with Crippen molar-refractivity contribution in [2.75, 3.05) is 13.3 Å². The standard InChI is InChI=1S/C9H7Cl2F2N3/c10-7-6-1-2-16(5(3-12)4-13)8(6)15-9(11)14-7/h1-2,5H,3-4H2. The summed E-state index contributed by atoms with van der Waals surface area (Å²) in [6, 6.07) is 0.700. The van der Waals surface area contributed by atoms with Crippen LogP contribution in [0.5, 0.6) is 0 Å². The Bertz CT molecular complexity index is 511. The Morgan fingerprint density at radius 2 is 1.94 bits per heavy atom. The molecule has 0 saturated carbocycles. The number of halogens is 4. The smallest absolute Gasteiger partial charge is 0.225 e. The van der Waals surface area contributed by atoms with E-state index < -0.39 is 19.4 Å². The van der Waals surface area contributed by atoms with E-state index in [-0.39, 0.29) is 10.4 Å². The van der Waals surface area contributed by atoms with E-state index >= 15 is 0 Å². The molecule has 0 atom stereocenters. The predicted octanol–water partition coefficient (Wildman–Crippen LogP) is 3.22. The molecule has 0 bridgehead atoms. The monoisotopic (exact) mass is 265 g/mol. The molecule has 0 aliphatic rings. The van der Waals surface area contributed by atoms with Crippen molar-refractivity contribution in [3.63, 3.8) is 0 Å². The lowest BCUT2D eigenvalue weighted by Crippen LogP contribution is -2.12. The summed E-state index contributed by atoms with van der Waals surface area (Å²) in [6.07, 6.45) is 1.52. The van der Waals surface area contributed by atoms with E-state index in [4.69, 9.17) is 23.2 Å². The normalized spacial score (nSPS) is 11.6. The zero-order valence-electron chi connectivity index (χ0n) is 8.00. The first-order valence-corrected chi connectivity index (χ1v) is 5.24. The maximum Gasteiger partial charge on any atom is 0.225 e. The van der Waals surface area contributed by atoms with Crippen LogP contribution in [0, 0.1) is 0 Å². The molecule has 0 aromatic carbocycles. The van der Waals surface area contributed by atoms with Gasteiger partial charge < -0.3 is 4.57 Å². The van der Waals surface area contributed by atoms with E-state index in [0.717, 1.165) is 0 Å². The molecule has 0 fully saturated rings. The van der Waals surface area contributed by atoms with Gasteiger partial charge in [0.1, 0.15) is 24.1 Å². The van der Waals surface area contributed by atoms with E-state index in [1.54, 1.807) is 6.07 Å². The highest BCUT2D eigenvalue weighted by atomic mass is 35.5. The lowest BCUT2D eigenvalue weighted by atomic mass is 10.3. The van der Waals surface area contributed by atoms with Crippen molar-refractivity contribution in [1.82, 2.24) is 14.5 Å². The Morgan fingerprint density at radius 1 is 1.25 bits per heavy atom. The molecule has 0 aliphatic carbocycles. The molecule has 0 unspecified atom stereocenters. The average molecular weight is 266 g/mol. The van der Waals surface area contributed by atoms with Crippen LogP contribution >= 0.6 is 23.2 Å². The lowest BCUT2D eigenvalue weighted by Gasteiger charge is -2.11. The maximum absolute atomic E-state index is 12.6. The van der Waals surface area contributed by atoms with Crippen molar-refractivity contribution in [2.45, 2.75) is 6.04 Å². The highest BCUT2D eigenvalue weighted by molar-refractivity contribution is 6.35. The molecule has 0 amide bonds. The summed E-state index contributed by atoms with van der Waals surface area (Å²) in [5.74, 6) is 0. The summed E-state index contributed by atoms with van der Waals surface area (Å²) in [5, 5.41) is 0.650. The minimum Gasteiger partial charge on any atom is -0.324 e. The molecule has 0 radical (unpaired) electrons. The first-order chi connectivity index (χ1) is 7.67. The quantitative estimate of drug-likeness (QED) is 0.630. The number of aromatic nitrogens is 3. The van der Waals surface area contributed by atoms with Crippen LogP contribution in [0.15, 0.2) is 12.3 Å². The van der Waals surface area contributed by atoms with Crippen LogP contribution in [0.4, 0.5) is 8.78 Å². The molecular formula is C9H7Cl2F2N3. The van der Waals surface area contributed by atoms with Gasteiger partial charge in [0.05, 0.1) is 11.4 Å². The molecule has 3 nitrogen and oxygen atoms in total. The molecule has 0 aliphatic heterocycles. The van der Waals surface area contributed by atoms with Crippen molar-refractivity contribution in [3.8, 4) is 0 Å². The number of alkyl halides is 2. The van der Waals surface area contributed by atoms with Crippen molar-refractivity contribution in [1.29, 1.82) is 0 Å². The molecule has 86 valence electrons. The number of hydrogen-bond donors (Lipinski definition) is 0. The minimum atomic E-state index is -0.903. The first-order valence-electron chi connectivity index (χ1n) is 4.49. The third-order valence-corrected chi connectivity index (χ3v) is 2.70. The fourth-order valence-corrected chi connectivity index (χ4v) is 1.89. The molecular weight excluding hydrogens is 259 g/mol. The van der Waals surface area contributed by atoms with Gasteiger partial charge in [-0.1, -0.05) is 11.6 Å². The Kier molecular flexibility index (Phi) is 3.25. The molecule has 0 N–H and O–H groups in total. The SMILES string of the molecule is FCC(CF)n1ccc2c(Cl)nc(Cl)nc21. The summed E-state index contributed by atoms with van der Waals surface area (Å²) >= 11 is 11.5. The molecule has 2 aromatic rings. The zero-order chi connectivity index (χ0) is 11.7. The lowest BCUT2D eigenvalue weighted by molar-refractivity contribution is 0.293. The number of nitrogens with zero attached hydrogens (tertiary/aromatic N) is 3. The fourth-order valence-electron chi connectivity index (χ4n) is 1.46. The molecule has 16 heavy (non-hydrogen) atoms. The summed E-state index contributed by atoms with van der Waals surface area (Å²) in [5.41, 5.74) is 0.338. The topological polar surface area (TPSA) is 30.7 Å². The number of rotatable bonds is 3. The fraction of sp³-hybridized carbons (Fsp3) is 0.333. The Hall–Kier alpha value is -0.940. The van der Waals surface area contributed by atoms with Gasteiger partial charge in [0.15, 0.2) is 0 Å². The van der Waals surface area contributed by atoms with E-state index in [1.165, 1.54) is 10.8 Å². The summed E-state index contributed by atoms with van der Waals surface area (Å²) in [7, 11) is 0. The molecule has 2 heterocycles. The third-order valence-electron chi connectivity index (χ3n) is 2.25. The van der Waals surface area contributed by atoms with Crippen LogP contribution in [-0.4, -0.2) is 27.9 Å². The second-order valence-electron chi connectivity index (χ2n) is 3.21. The van der Waals surface area contributed by atoms with Crippen molar-refractivity contribution >= 4 is 34.2 Å². The molecule has 2 rings (SSSR count). The Morgan fingerprint density at radius 3 is 2.56 bits per heavy atom. The minimum absolute atomic E-state index is 0.0473. The Balaban J connectivity index is 2.63. The number of fused-ring (bicyclic) bond motifs is 1. The zero-order valence-corrected chi connectivity index (χ0v) is 9.51. The van der Waals surface area contributed by atoms with Crippen LogP contribution in [0.2, 0.25) is 10.4 Å². The van der Waals surface area contributed by atoms with Gasteiger partial charge in [-0.15, -0.1) is 0 Å². The van der Waals surface area contributed by atoms with Crippen LogP contribution in [-0.2, 0) is 0 Å². The van der Waals surface area contributed by atoms with Gasteiger partial charge >= 0.3 is 0 Å². The van der Waals surface area contributed by atoms with Crippen molar-refractivity contribution in [3.05, 3.63) is 22.7 Å². The second kappa shape index (κ2) is 4.51. The van der Waals surface area contributed by atoms with E-state index in [2.05, 4.69) is 9.97 Å². The highest BCUT2D eigenvalue weighted by Crippen LogP contribution is 2.25. The van der Waals surface area contributed by atoms with Crippen LogP contribution in [0.1, 0.15) is 6.04 Å². The van der Waals surface area contributed by atoms with Gasteiger partial charge in [0, 0.05) is 6.20 Å². The van der Waals surface area contributed by atoms with Gasteiger partial charge in [-0.25, -0.2) is 13.8 Å². The number of hydrogen-bond acceptors (Lipinski definition) is 2. The molecule has 0 saturated heterocycles. The van der Waals surface area contributed by atoms with Gasteiger partial charge in [-0.2, -0.15) is 4.98 Å². The Labute approximate surface area is 100 Å². The van der Waals surface area contributed by atoms with Gasteiger partial charge in [0.25, 0.3) is 0 Å². The third kappa shape index (κ3) is 1.85. The summed E-state index contributed by atoms with van der Waals surface area (Å²) in [4.78, 5) is 7.66. The summed E-state index contributed by atoms with van der Waals surface area (Å²) < 4.78 is 26.5. The average Bonchev–Trinajstić information content (AvgIpc) is 2.64. The van der Waals surface area contributed by atoms with Crippen LogP contribution in [0.3, 0.4) is 0 Å². The van der Waals surface area contributed by atoms with Crippen LogP contribution < -0.4 is 0 Å². The predicted molar refractivity (Wildman–Crippen MR) is 58.5 cm³/mol. The van der Waals surface area contributed by atoms with Crippen molar-refractivity contribution < 1.29 is 8.78 Å². The molecule has 7 heteroatoms. The van der Waals surface area contributed by atoms with Crippen LogP contribution in [0.25, 0.3) is 11.0 Å². The summed E-state index contributed by atoms with van der Waals surface area (Å²) in [6.45, 7) is -1.64. The maximum atomic E-state index is 12.6. The van der Waals surface area contributed by atoms with E-state index in [1.807, 2.05) is 0 Å². The first kappa shape index (κ1) is 11.5. The van der Waals surface area contributed by atoms with Crippen molar-refractivity contribution in [2.24, 2.45) is 0 Å². The van der Waals surface area contributed by atoms with Gasteiger partial charge in [-0.3, -0.25) is 0 Å². The van der Waals surface area contributed by atoms with E-state index in [9.17, 15) is 8.78 Å².